The van der Waals surface area contributed by atoms with Crippen LogP contribution in [0.2, 0.25) is 0 Å². The molecular formula is C27H22AsN4S2. The van der Waals surface area contributed by atoms with Crippen molar-refractivity contribution < 1.29 is 0 Å². The van der Waals surface area contributed by atoms with Crippen LogP contribution in [0.4, 0.5) is 0 Å². The van der Waals surface area contributed by atoms with Gasteiger partial charge in [-0.05, 0) is 0 Å². The summed E-state index contributed by atoms with van der Waals surface area (Å²) in [6.07, 6.45) is 3.53. The van der Waals surface area contributed by atoms with Crippen molar-refractivity contribution in [2.75, 3.05) is 0 Å². The zero-order chi connectivity index (χ0) is 23.3. The molecule has 0 aliphatic rings. The second-order valence-electron chi connectivity index (χ2n) is 7.86. The summed E-state index contributed by atoms with van der Waals surface area (Å²) in [5.74, 6) is 0.832. The van der Waals surface area contributed by atoms with Gasteiger partial charge in [0.1, 0.15) is 0 Å². The van der Waals surface area contributed by atoms with Gasteiger partial charge in [-0.2, -0.15) is 0 Å². The topological polar surface area (TPSA) is 51.6 Å². The standard InChI is InChI=1S/C27H22AsN4S2/c1-18-7-6-10-21(13-18)34-24-12-11-19(2)14-23(24)28-25-22-15-29-27(32-26(22)31-17-30-25)33-16-20-8-4-3-5-9-20/h3-15,17H,16H2,1-2H3. The Morgan fingerprint density at radius 2 is 1.68 bits per heavy atom. The van der Waals surface area contributed by atoms with E-state index in [1.165, 1.54) is 30.8 Å². The summed E-state index contributed by atoms with van der Waals surface area (Å²) >= 11 is 3.09. The third-order valence-electron chi connectivity index (χ3n) is 5.12. The van der Waals surface area contributed by atoms with Crippen molar-refractivity contribution in [1.82, 2.24) is 19.9 Å². The molecule has 0 atom stereocenters. The van der Waals surface area contributed by atoms with Crippen LogP contribution in [-0.4, -0.2) is 35.7 Å². The van der Waals surface area contributed by atoms with Crippen LogP contribution < -0.4 is 8.83 Å². The molecule has 0 bridgehead atoms. The number of nitrogens with zero attached hydrogens (tertiary/aromatic N) is 4. The van der Waals surface area contributed by atoms with Crippen LogP contribution in [0.1, 0.15) is 16.7 Å². The number of hydrogen-bond donors (Lipinski definition) is 0. The molecule has 4 nitrogen and oxygen atoms in total. The molecule has 5 rings (SSSR count). The van der Waals surface area contributed by atoms with Crippen LogP contribution in [0, 0.1) is 13.8 Å². The van der Waals surface area contributed by atoms with Crippen LogP contribution in [0.3, 0.4) is 0 Å². The SMILES string of the molecule is Cc1cccc(Sc2ccc(C)cc2[As]c2ncnc3nc(SCc4ccccc4)ncc23)c1. The molecule has 5 aromatic rings. The maximum absolute atomic E-state index is 4.72. The fourth-order valence-electron chi connectivity index (χ4n) is 3.42. The van der Waals surface area contributed by atoms with Crippen LogP contribution in [-0.2, 0) is 5.75 Å². The summed E-state index contributed by atoms with van der Waals surface area (Å²) in [6, 6.07) is 25.7. The van der Waals surface area contributed by atoms with Crippen LogP contribution in [0.15, 0.2) is 100 Å². The van der Waals surface area contributed by atoms with E-state index in [4.69, 9.17) is 4.98 Å². The van der Waals surface area contributed by atoms with Crippen molar-refractivity contribution in [3.8, 4) is 0 Å². The van der Waals surface area contributed by atoms with Gasteiger partial charge in [0.25, 0.3) is 0 Å². The van der Waals surface area contributed by atoms with Gasteiger partial charge in [0.15, 0.2) is 0 Å². The van der Waals surface area contributed by atoms with E-state index in [9.17, 15) is 0 Å². The molecule has 2 heterocycles. The molecule has 0 N–H and O–H groups in total. The van der Waals surface area contributed by atoms with Crippen molar-refractivity contribution >= 4 is 59.1 Å². The van der Waals surface area contributed by atoms with E-state index in [2.05, 4.69) is 95.5 Å². The number of hydrogen-bond acceptors (Lipinski definition) is 6. The summed E-state index contributed by atoms with van der Waals surface area (Å²) in [5, 5.41) is 1.68. The molecule has 34 heavy (non-hydrogen) atoms. The average Bonchev–Trinajstić information content (AvgIpc) is 2.85. The molecule has 0 aliphatic heterocycles. The van der Waals surface area contributed by atoms with E-state index in [0.29, 0.717) is 5.65 Å². The first-order valence-corrected chi connectivity index (χ1v) is 14.5. The Balaban J connectivity index is 1.41. The van der Waals surface area contributed by atoms with Gasteiger partial charge in [0, 0.05) is 0 Å². The Kier molecular flexibility index (Phi) is 7.29. The molecule has 1 radical (unpaired) electrons. The van der Waals surface area contributed by atoms with E-state index in [1.54, 1.807) is 18.1 Å². The average molecular weight is 542 g/mol. The normalized spacial score (nSPS) is 11.5. The molecular weight excluding hydrogens is 519 g/mol. The Hall–Kier alpha value is -2.66. The fraction of sp³-hybridized carbons (Fsp3) is 0.111. The predicted molar refractivity (Wildman–Crippen MR) is 143 cm³/mol. The van der Waals surface area contributed by atoms with E-state index in [1.807, 2.05) is 24.0 Å². The molecule has 0 saturated heterocycles. The molecule has 0 spiro atoms. The van der Waals surface area contributed by atoms with Crippen molar-refractivity contribution in [2.24, 2.45) is 0 Å². The van der Waals surface area contributed by atoms with E-state index >= 15 is 0 Å². The minimum absolute atomic E-state index is 0.349. The molecule has 3 aromatic carbocycles. The molecule has 0 amide bonds. The number of thioether (sulfide) groups is 1. The first kappa shape index (κ1) is 23.1. The molecule has 0 fully saturated rings. The second-order valence-corrected chi connectivity index (χ2v) is 12.3. The van der Waals surface area contributed by atoms with E-state index in [-0.39, 0.29) is 15.8 Å². The van der Waals surface area contributed by atoms with Gasteiger partial charge in [-0.3, -0.25) is 0 Å². The second kappa shape index (κ2) is 10.7. The van der Waals surface area contributed by atoms with Crippen molar-refractivity contribution in [3.05, 3.63) is 102 Å². The maximum atomic E-state index is 4.72. The third-order valence-corrected chi connectivity index (χ3v) is 9.92. The van der Waals surface area contributed by atoms with Crippen LogP contribution >= 0.6 is 23.5 Å². The number of aromatic nitrogens is 4. The summed E-state index contributed by atoms with van der Waals surface area (Å²) in [6.45, 7) is 4.27. The van der Waals surface area contributed by atoms with Crippen LogP contribution in [0.25, 0.3) is 11.0 Å². The Morgan fingerprint density at radius 1 is 0.824 bits per heavy atom. The predicted octanol–water partition coefficient (Wildman–Crippen LogP) is 5.14. The monoisotopic (exact) mass is 541 g/mol. The van der Waals surface area contributed by atoms with Gasteiger partial charge in [0.2, 0.25) is 0 Å². The summed E-state index contributed by atoms with van der Waals surface area (Å²) in [4.78, 5) is 21.0. The quantitative estimate of drug-likeness (QED) is 0.162. The Morgan fingerprint density at radius 3 is 2.53 bits per heavy atom. The molecule has 167 valence electrons. The zero-order valence-electron chi connectivity index (χ0n) is 18.8. The van der Waals surface area contributed by atoms with Gasteiger partial charge < -0.3 is 0 Å². The van der Waals surface area contributed by atoms with E-state index < -0.39 is 0 Å². The van der Waals surface area contributed by atoms with E-state index in [0.717, 1.165) is 20.8 Å². The van der Waals surface area contributed by atoms with Gasteiger partial charge in [-0.25, -0.2) is 0 Å². The zero-order valence-corrected chi connectivity index (χ0v) is 22.4. The van der Waals surface area contributed by atoms with Gasteiger partial charge in [-0.1, -0.05) is 0 Å². The Labute approximate surface area is 214 Å². The third kappa shape index (κ3) is 5.69. The fourth-order valence-corrected chi connectivity index (χ4v) is 7.90. The molecule has 0 aliphatic carbocycles. The molecule has 0 unspecified atom stereocenters. The summed E-state index contributed by atoms with van der Waals surface area (Å²) in [7, 11) is 0. The van der Waals surface area contributed by atoms with Gasteiger partial charge in [-0.15, -0.1) is 0 Å². The summed E-state index contributed by atoms with van der Waals surface area (Å²) < 4.78 is 2.38. The first-order chi connectivity index (χ1) is 16.6. The number of rotatable bonds is 7. The molecule has 0 saturated carbocycles. The van der Waals surface area contributed by atoms with Crippen molar-refractivity contribution in [2.45, 2.75) is 34.5 Å². The summed E-state index contributed by atoms with van der Waals surface area (Å²) in [5.41, 5.74) is 4.49. The number of benzene rings is 3. The first-order valence-electron chi connectivity index (χ1n) is 10.9. The van der Waals surface area contributed by atoms with Gasteiger partial charge >= 0.3 is 216 Å². The van der Waals surface area contributed by atoms with Crippen LogP contribution in [0.5, 0.6) is 0 Å². The molecule has 2 aromatic heterocycles. The number of fused-ring (bicyclic) bond motifs is 1. The van der Waals surface area contributed by atoms with Crippen molar-refractivity contribution in [1.29, 1.82) is 0 Å². The Bertz CT molecular complexity index is 1440. The number of aryl methyl sites for hydroxylation is 2. The van der Waals surface area contributed by atoms with Crippen molar-refractivity contribution in [3.63, 3.8) is 0 Å². The van der Waals surface area contributed by atoms with Gasteiger partial charge in [0.05, 0.1) is 0 Å². The minimum atomic E-state index is -0.349. The molecule has 7 heteroatoms.